The maximum atomic E-state index is 12.5. The van der Waals surface area contributed by atoms with E-state index in [0.717, 1.165) is 11.1 Å². The molecule has 33 heavy (non-hydrogen) atoms. The van der Waals surface area contributed by atoms with Crippen LogP contribution in [0.15, 0.2) is 48.5 Å². The first-order valence-electron chi connectivity index (χ1n) is 11.2. The van der Waals surface area contributed by atoms with Gasteiger partial charge in [-0.1, -0.05) is 55.5 Å². The Balaban J connectivity index is 1.42. The van der Waals surface area contributed by atoms with Crippen molar-refractivity contribution in [3.05, 3.63) is 59.7 Å². The summed E-state index contributed by atoms with van der Waals surface area (Å²) >= 11 is 1.26. The van der Waals surface area contributed by atoms with E-state index in [1.807, 2.05) is 31.2 Å². The van der Waals surface area contributed by atoms with Gasteiger partial charge in [0.05, 0.1) is 5.75 Å². The molecule has 1 unspecified atom stereocenters. The number of fused-ring (bicyclic) bond motifs is 3. The Morgan fingerprint density at radius 1 is 1.06 bits per heavy atom. The van der Waals surface area contributed by atoms with Crippen LogP contribution < -0.4 is 10.6 Å². The summed E-state index contributed by atoms with van der Waals surface area (Å²) < 4.78 is 5.59. The number of carbonyl (C=O) groups is 3. The molecule has 1 aliphatic carbocycles. The smallest absolute Gasteiger partial charge is 0.407 e. The highest BCUT2D eigenvalue weighted by Gasteiger charge is 2.29. The highest BCUT2D eigenvalue weighted by atomic mass is 32.2. The summed E-state index contributed by atoms with van der Waals surface area (Å²) in [7, 11) is 0. The third-order valence-electron chi connectivity index (χ3n) is 5.67. The lowest BCUT2D eigenvalue weighted by Gasteiger charge is -2.19. The predicted molar refractivity (Wildman–Crippen MR) is 129 cm³/mol. The van der Waals surface area contributed by atoms with E-state index in [0.29, 0.717) is 25.1 Å². The Hall–Kier alpha value is -3.00. The molecular formula is C25H30N2O5S. The Kier molecular flexibility index (Phi) is 9.18. The van der Waals surface area contributed by atoms with Gasteiger partial charge in [0.15, 0.2) is 0 Å². The van der Waals surface area contributed by atoms with Crippen molar-refractivity contribution in [2.24, 2.45) is 0 Å². The van der Waals surface area contributed by atoms with E-state index in [1.165, 1.54) is 22.9 Å². The van der Waals surface area contributed by atoms with Crippen molar-refractivity contribution in [3.8, 4) is 11.1 Å². The van der Waals surface area contributed by atoms with E-state index in [9.17, 15) is 14.4 Å². The molecular weight excluding hydrogens is 440 g/mol. The van der Waals surface area contributed by atoms with E-state index < -0.39 is 12.1 Å². The van der Waals surface area contributed by atoms with Crippen LogP contribution in [0.5, 0.6) is 0 Å². The van der Waals surface area contributed by atoms with Crippen LogP contribution in [0.4, 0.5) is 4.79 Å². The minimum Gasteiger partial charge on any atom is -0.481 e. The Labute approximate surface area is 198 Å². The molecule has 1 atom stereocenters. The summed E-state index contributed by atoms with van der Waals surface area (Å²) in [5, 5.41) is 14.2. The number of alkyl carbamates (subject to hydrolysis) is 1. The number of thioether (sulfide) groups is 1. The number of hydrogen-bond donors (Lipinski definition) is 3. The molecule has 0 saturated heterocycles. The first-order chi connectivity index (χ1) is 16.0. The van der Waals surface area contributed by atoms with Crippen LogP contribution in [-0.2, 0) is 14.3 Å². The van der Waals surface area contributed by atoms with Crippen LogP contribution in [0.1, 0.15) is 43.2 Å². The summed E-state index contributed by atoms with van der Waals surface area (Å²) in [5.74, 6) is -0.395. The molecule has 0 aromatic heterocycles. The molecule has 2 aromatic rings. The fraction of sp³-hybridized carbons (Fsp3) is 0.400. The van der Waals surface area contributed by atoms with E-state index in [4.69, 9.17) is 9.84 Å². The lowest BCUT2D eigenvalue weighted by Crippen LogP contribution is -2.37. The molecule has 176 valence electrons. The first-order valence-corrected chi connectivity index (χ1v) is 12.3. The average molecular weight is 471 g/mol. The summed E-state index contributed by atoms with van der Waals surface area (Å²) in [4.78, 5) is 34.9. The normalized spacial score (nSPS) is 13.0. The number of aliphatic carboxylic acids is 1. The van der Waals surface area contributed by atoms with Crippen molar-refractivity contribution in [2.45, 2.75) is 38.1 Å². The minimum atomic E-state index is -0.864. The van der Waals surface area contributed by atoms with Gasteiger partial charge in [0.25, 0.3) is 0 Å². The van der Waals surface area contributed by atoms with Crippen molar-refractivity contribution < 1.29 is 24.2 Å². The molecule has 0 bridgehead atoms. The second kappa shape index (κ2) is 12.3. The first kappa shape index (κ1) is 24.6. The van der Waals surface area contributed by atoms with E-state index in [-0.39, 0.29) is 36.6 Å². The number of rotatable bonds is 12. The van der Waals surface area contributed by atoms with Crippen LogP contribution in [0.25, 0.3) is 11.1 Å². The van der Waals surface area contributed by atoms with Crippen molar-refractivity contribution in [2.75, 3.05) is 24.7 Å². The zero-order valence-electron chi connectivity index (χ0n) is 18.7. The fourth-order valence-corrected chi connectivity index (χ4v) is 4.57. The van der Waals surface area contributed by atoms with Gasteiger partial charge in [0, 0.05) is 30.7 Å². The fourth-order valence-electron chi connectivity index (χ4n) is 4.00. The molecule has 1 aliphatic rings. The second-order valence-electron chi connectivity index (χ2n) is 7.91. The minimum absolute atomic E-state index is 0.00741. The Morgan fingerprint density at radius 2 is 1.70 bits per heavy atom. The number of hydrogen-bond acceptors (Lipinski definition) is 5. The van der Waals surface area contributed by atoms with Gasteiger partial charge >= 0.3 is 12.1 Å². The van der Waals surface area contributed by atoms with Gasteiger partial charge in [0.1, 0.15) is 6.61 Å². The van der Waals surface area contributed by atoms with Crippen molar-refractivity contribution in [1.29, 1.82) is 0 Å². The molecule has 0 aliphatic heterocycles. The molecule has 0 spiro atoms. The van der Waals surface area contributed by atoms with Gasteiger partial charge in [0.2, 0.25) is 5.91 Å². The van der Waals surface area contributed by atoms with Crippen molar-refractivity contribution in [1.82, 2.24) is 10.6 Å². The number of ether oxygens (including phenoxy) is 1. The van der Waals surface area contributed by atoms with Gasteiger partial charge in [-0.3, -0.25) is 9.59 Å². The number of carboxylic acids is 1. The maximum Gasteiger partial charge on any atom is 0.407 e. The number of benzene rings is 2. The predicted octanol–water partition coefficient (Wildman–Crippen LogP) is 4.02. The molecule has 3 N–H and O–H groups in total. The topological polar surface area (TPSA) is 105 Å². The molecule has 0 fully saturated rings. The molecule has 0 heterocycles. The summed E-state index contributed by atoms with van der Waals surface area (Å²) in [6, 6.07) is 16.2. The third kappa shape index (κ3) is 6.99. The van der Waals surface area contributed by atoms with Gasteiger partial charge in [-0.15, -0.1) is 11.8 Å². The van der Waals surface area contributed by atoms with Gasteiger partial charge in [-0.25, -0.2) is 4.79 Å². The third-order valence-corrected chi connectivity index (χ3v) is 6.62. The van der Waals surface area contributed by atoms with Crippen molar-refractivity contribution >= 4 is 29.7 Å². The van der Waals surface area contributed by atoms with Crippen LogP contribution in [0.2, 0.25) is 0 Å². The lowest BCUT2D eigenvalue weighted by molar-refractivity contribution is -0.133. The van der Waals surface area contributed by atoms with Gasteiger partial charge in [-0.2, -0.15) is 0 Å². The van der Waals surface area contributed by atoms with E-state index in [2.05, 4.69) is 34.9 Å². The van der Waals surface area contributed by atoms with Crippen LogP contribution in [0.3, 0.4) is 0 Å². The maximum absolute atomic E-state index is 12.5. The summed E-state index contributed by atoms with van der Waals surface area (Å²) in [5.41, 5.74) is 4.69. The molecule has 0 radical (unpaired) electrons. The molecule has 8 heteroatoms. The second-order valence-corrected chi connectivity index (χ2v) is 9.02. The summed E-state index contributed by atoms with van der Waals surface area (Å²) in [6.07, 6.45) is 1.00. The standard InChI is InChI=1S/C25H30N2O5S/c1-2-17(11-12-23(28)26-13-14-33-16-24(29)30)27-25(31)32-15-22-20-9-5-3-7-18(20)19-8-4-6-10-21(19)22/h3-10,17,22H,2,11-16H2,1H3,(H,26,28)(H,27,31)(H,29,30). The number of carbonyl (C=O) groups excluding carboxylic acids is 2. The molecule has 0 saturated carbocycles. The largest absolute Gasteiger partial charge is 0.481 e. The molecule has 3 rings (SSSR count). The van der Waals surface area contributed by atoms with E-state index >= 15 is 0 Å². The average Bonchev–Trinajstić information content (AvgIpc) is 3.13. The van der Waals surface area contributed by atoms with Crippen LogP contribution in [0, 0.1) is 0 Å². The molecule has 7 nitrogen and oxygen atoms in total. The monoisotopic (exact) mass is 470 g/mol. The Bertz CT molecular complexity index is 935. The lowest BCUT2D eigenvalue weighted by atomic mass is 9.98. The Morgan fingerprint density at radius 3 is 2.30 bits per heavy atom. The number of amides is 2. The number of carboxylic acid groups (broad SMARTS) is 1. The SMILES string of the molecule is CCC(CCC(=O)NCCSCC(=O)O)NC(=O)OCC1c2ccccc2-c2ccccc21. The van der Waals surface area contributed by atoms with Gasteiger partial charge in [-0.05, 0) is 35.1 Å². The van der Waals surface area contributed by atoms with Gasteiger partial charge < -0.3 is 20.5 Å². The van der Waals surface area contributed by atoms with Crippen LogP contribution in [-0.4, -0.2) is 53.8 Å². The zero-order chi connectivity index (χ0) is 23.6. The summed E-state index contributed by atoms with van der Waals surface area (Å²) in [6.45, 7) is 2.63. The molecule has 2 aromatic carbocycles. The highest BCUT2D eigenvalue weighted by molar-refractivity contribution is 7.99. The number of nitrogens with one attached hydrogen (secondary N) is 2. The van der Waals surface area contributed by atoms with Crippen LogP contribution >= 0.6 is 11.8 Å². The van der Waals surface area contributed by atoms with Crippen molar-refractivity contribution in [3.63, 3.8) is 0 Å². The quantitative estimate of drug-likeness (QED) is 0.405. The molecule has 2 amide bonds. The zero-order valence-corrected chi connectivity index (χ0v) is 19.5. The van der Waals surface area contributed by atoms with E-state index in [1.54, 1.807) is 0 Å². The highest BCUT2D eigenvalue weighted by Crippen LogP contribution is 2.44.